The van der Waals surface area contributed by atoms with Gasteiger partial charge in [0, 0.05) is 24.5 Å². The zero-order valence-electron chi connectivity index (χ0n) is 34.3. The number of aliphatic hydroxyl groups is 1. The van der Waals surface area contributed by atoms with Gasteiger partial charge in [0.05, 0.1) is 38.0 Å². The zero-order chi connectivity index (χ0) is 46.7. The fourth-order valence-electron chi connectivity index (χ4n) is 3.79. The van der Waals surface area contributed by atoms with Crippen molar-refractivity contribution < 1.29 is 44.8 Å². The van der Waals surface area contributed by atoms with Crippen molar-refractivity contribution in [2.45, 2.75) is 26.5 Å². The van der Waals surface area contributed by atoms with E-state index in [2.05, 4.69) is 84.6 Å². The molecular formula is C35H29BCl5N14NaO3PS5. The SMILES string of the molecule is C.N#Cc1cnc(Cl)s1.N#Cc1cnc(Nc2cc(CCl)ccn2)s1.N#Cc1cnc(Nc2cc(CO)ccn2)s1.O=P(Cl)(Cl)Cl.[3H][B]SOCc1ccnc(Nc2ncc(C#N)s2)c1.[H-].[Na+]. The molecule has 65 heavy (non-hydrogen) atoms. The first-order chi connectivity index (χ1) is 30.8. The topological polar surface area (TPSA) is 268 Å². The van der Waals surface area contributed by atoms with Crippen molar-refractivity contribution in [2.75, 3.05) is 16.0 Å². The van der Waals surface area contributed by atoms with E-state index < -0.39 is 5.20 Å². The number of pyridine rings is 3. The van der Waals surface area contributed by atoms with Crippen molar-refractivity contribution in [3.05, 3.63) is 120 Å². The number of nitriles is 4. The molecule has 17 nitrogen and oxygen atoms in total. The molecule has 0 aliphatic rings. The molecule has 0 aromatic carbocycles. The molecule has 0 fully saturated rings. The molecule has 7 heterocycles. The summed E-state index contributed by atoms with van der Waals surface area (Å²) in [6.07, 6.45) is 10.9. The number of rotatable bonds is 12. The van der Waals surface area contributed by atoms with Gasteiger partial charge in [-0.15, -0.1) is 11.6 Å². The largest absolute Gasteiger partial charge is 1.00 e. The number of alkyl halides is 1. The van der Waals surface area contributed by atoms with Crippen LogP contribution in [0.2, 0.25) is 4.47 Å². The normalized spacial score (nSPS) is 9.66. The van der Waals surface area contributed by atoms with E-state index in [1.54, 1.807) is 30.7 Å². The van der Waals surface area contributed by atoms with E-state index in [-0.39, 0.29) is 45.0 Å². The van der Waals surface area contributed by atoms with E-state index >= 15 is 0 Å². The van der Waals surface area contributed by atoms with Crippen LogP contribution in [0.5, 0.6) is 0 Å². The molecule has 30 heteroatoms. The number of aliphatic hydroxyl groups excluding tert-OH is 1. The van der Waals surface area contributed by atoms with Gasteiger partial charge in [-0.2, -0.15) is 21.0 Å². The number of hydrogen-bond acceptors (Lipinski definition) is 22. The predicted octanol–water partition coefficient (Wildman–Crippen LogP) is 8.90. The zero-order valence-corrected chi connectivity index (χ0v) is 43.0. The average Bonchev–Trinajstić information content (AvgIpc) is 4.13. The molecule has 4 N–H and O–H groups in total. The van der Waals surface area contributed by atoms with Gasteiger partial charge in [-0.3, -0.25) is 4.57 Å². The molecule has 0 saturated heterocycles. The van der Waals surface area contributed by atoms with E-state index in [1.807, 2.05) is 48.5 Å². The minimum atomic E-state index is -3.22. The summed E-state index contributed by atoms with van der Waals surface area (Å²) in [7, 11) is 1.12. The standard InChI is InChI=1S/C10H8BN4OS2.C10H7ClN4S.C10H8N4OS.C4HClN2S.CH4.Cl3OP.Na.H/c11-18-16-6-7-1-2-13-9(3-7)15-10-14-5-8(4-12)17-10;11-4-7-1-2-13-9(3-7)15-10-14-6-8(5-12)16-10;11-4-8-5-13-10(16-8)14-9-3-7(6-15)1-2-12-9;5-4-7-2-3(1-6)8-4;;1-5(2,3)4;;/h1-3,5,11H,6H2,(H,13,14,15);1-3,6H,4H2,(H,13,14,15);1-3,5,15H,6H2,(H,12,13,14);2H;1H4;;;/q;;;;;;+1;-1/i11T;;;;;;;. The molecule has 0 saturated carbocycles. The summed E-state index contributed by atoms with van der Waals surface area (Å²) in [4.78, 5) is 30.4. The molecule has 7 aromatic heterocycles. The molecule has 0 aliphatic carbocycles. The van der Waals surface area contributed by atoms with Crippen LogP contribution in [0.15, 0.2) is 79.8 Å². The van der Waals surface area contributed by atoms with Crippen LogP contribution in [0.1, 0.15) is 45.1 Å². The summed E-state index contributed by atoms with van der Waals surface area (Å²) in [6, 6.07) is 18.8. The third-order valence-corrected chi connectivity index (χ3v) is 10.3. The van der Waals surface area contributed by atoms with Crippen molar-refractivity contribution in [1.82, 2.24) is 34.9 Å². The Morgan fingerprint density at radius 3 is 1.42 bits per heavy atom. The van der Waals surface area contributed by atoms with Crippen LogP contribution >= 0.6 is 119 Å². The fourth-order valence-corrected chi connectivity index (χ4v) is 6.75. The van der Waals surface area contributed by atoms with Gasteiger partial charge in [-0.1, -0.05) is 76.3 Å². The fraction of sp³-hybridized carbons (Fsp3) is 0.114. The van der Waals surface area contributed by atoms with Crippen molar-refractivity contribution in [3.8, 4) is 24.3 Å². The molecule has 0 amide bonds. The molecule has 0 atom stereocenters. The first-order valence-electron chi connectivity index (χ1n) is 16.9. The Hall–Kier alpha value is -3.66. The van der Waals surface area contributed by atoms with Crippen LogP contribution in [0.25, 0.3) is 0 Å². The van der Waals surface area contributed by atoms with E-state index in [0.717, 1.165) is 35.7 Å². The van der Waals surface area contributed by atoms with Gasteiger partial charge < -0.3 is 26.7 Å². The maximum Gasteiger partial charge on any atom is 1.00 e. The molecule has 331 valence electrons. The molecule has 0 bridgehead atoms. The van der Waals surface area contributed by atoms with Crippen LogP contribution in [0.3, 0.4) is 0 Å². The molecule has 7 rings (SSSR count). The first kappa shape index (κ1) is 57.5. The van der Waals surface area contributed by atoms with E-state index in [9.17, 15) is 4.57 Å². The predicted molar refractivity (Wildman–Crippen MR) is 263 cm³/mol. The number of nitrogens with one attached hydrogen (secondary N) is 3. The van der Waals surface area contributed by atoms with Crippen LogP contribution in [-0.2, 0) is 27.8 Å². The summed E-state index contributed by atoms with van der Waals surface area (Å²) < 4.78 is 21.9. The molecular weight excluding hydrogens is 1070 g/mol. The Morgan fingerprint density at radius 1 is 0.708 bits per heavy atom. The molecule has 7 aromatic rings. The van der Waals surface area contributed by atoms with Gasteiger partial charge in [-0.25, -0.2) is 34.9 Å². The summed E-state index contributed by atoms with van der Waals surface area (Å²) in [5.74, 6) is 2.36. The maximum atomic E-state index is 9.51. The van der Waals surface area contributed by atoms with Crippen LogP contribution in [-0.4, -0.2) is 48.4 Å². The monoisotopic (exact) mass is 1090 g/mol. The van der Waals surface area contributed by atoms with Gasteiger partial charge in [0.15, 0.2) is 19.9 Å². The summed E-state index contributed by atoms with van der Waals surface area (Å²) in [5.41, 5.74) is 2.69. The second-order valence-electron chi connectivity index (χ2n) is 10.6. The van der Waals surface area contributed by atoms with E-state index in [0.29, 0.717) is 69.3 Å². The Kier molecular flexibility index (Phi) is 29.1. The third-order valence-electron chi connectivity index (χ3n) is 6.24. The quantitative estimate of drug-likeness (QED) is 0.0292. The number of nitrogens with zero attached hydrogens (tertiary/aromatic N) is 11. The number of thiazole rings is 4. The summed E-state index contributed by atoms with van der Waals surface area (Å²) in [6.45, 7) is 0.358. The Balaban J connectivity index is 0.000000847. The van der Waals surface area contributed by atoms with Crippen molar-refractivity contribution in [2.24, 2.45) is 0 Å². The molecule has 0 aliphatic heterocycles. The maximum absolute atomic E-state index is 9.51. The number of aromatic nitrogens is 7. The summed E-state index contributed by atoms with van der Waals surface area (Å²) in [5, 5.41) is 50.9. The summed E-state index contributed by atoms with van der Waals surface area (Å²) >= 11 is 30.9. The third kappa shape index (κ3) is 25.2. The van der Waals surface area contributed by atoms with Crippen LogP contribution in [0.4, 0.5) is 32.8 Å². The van der Waals surface area contributed by atoms with Gasteiger partial charge in [0.1, 0.15) is 61.2 Å². The second kappa shape index (κ2) is 32.9. The molecule has 0 unspecified atom stereocenters. The van der Waals surface area contributed by atoms with Gasteiger partial charge in [0.2, 0.25) is 7.09 Å². The minimum Gasteiger partial charge on any atom is -1.00 e. The van der Waals surface area contributed by atoms with Gasteiger partial charge in [-0.05, 0) is 88.1 Å². The van der Waals surface area contributed by atoms with Crippen molar-refractivity contribution in [1.29, 1.82) is 22.4 Å². The number of halogens is 5. The van der Waals surface area contributed by atoms with E-state index in [1.165, 1.54) is 70.1 Å². The van der Waals surface area contributed by atoms with Crippen LogP contribution < -0.4 is 45.5 Å². The molecule has 1 radical (unpaired) electrons. The second-order valence-corrected chi connectivity index (χ2v) is 22.6. The number of anilines is 6. The number of hydrogen-bond donors (Lipinski definition) is 4. The average molecular weight is 1100 g/mol. The van der Waals surface area contributed by atoms with Gasteiger partial charge in [0.25, 0.3) is 0 Å². The minimum absolute atomic E-state index is 0. The Bertz CT molecular complexity index is 2670. The van der Waals surface area contributed by atoms with Crippen molar-refractivity contribution >= 4 is 159 Å². The molecule has 0 spiro atoms. The van der Waals surface area contributed by atoms with Gasteiger partial charge >= 0.3 is 34.8 Å². The van der Waals surface area contributed by atoms with Crippen molar-refractivity contribution in [3.63, 3.8) is 0 Å². The smallest absolute Gasteiger partial charge is 1.00 e. The van der Waals surface area contributed by atoms with E-state index in [4.69, 9.17) is 54.9 Å². The van der Waals surface area contributed by atoms with Crippen LogP contribution in [0, 0.1) is 45.3 Å². The first-order valence-corrected chi connectivity index (χ1v) is 25.8. The Labute approximate surface area is 444 Å². The Morgan fingerprint density at radius 2 is 1.08 bits per heavy atom.